The molecule has 112 valence electrons. The Morgan fingerprint density at radius 2 is 2.20 bits per heavy atom. The third-order valence-corrected chi connectivity index (χ3v) is 4.54. The van der Waals surface area contributed by atoms with Gasteiger partial charge in [0.2, 0.25) is 0 Å². The van der Waals surface area contributed by atoms with E-state index in [1.807, 2.05) is 30.1 Å². The van der Waals surface area contributed by atoms with Gasteiger partial charge in [0.1, 0.15) is 6.61 Å². The number of ketones is 1. The molecule has 20 heavy (non-hydrogen) atoms. The van der Waals surface area contributed by atoms with Gasteiger partial charge in [-0.25, -0.2) is 0 Å². The number of nitrogens with zero attached hydrogens (tertiary/aromatic N) is 1. The van der Waals surface area contributed by atoms with Crippen LogP contribution in [0, 0.1) is 17.8 Å². The summed E-state index contributed by atoms with van der Waals surface area (Å²) in [5, 5.41) is 0. The summed E-state index contributed by atoms with van der Waals surface area (Å²) in [5.74, 6) is 2.02. The van der Waals surface area contributed by atoms with Crippen molar-refractivity contribution < 1.29 is 9.53 Å². The SMILES string of the molecule is CC1CCC(C(C)C)C(OCC(=O)c2ccn(C)c2)C1. The molecule has 1 fully saturated rings. The first-order valence-corrected chi connectivity index (χ1v) is 7.74. The van der Waals surface area contributed by atoms with Crippen LogP contribution in [0.3, 0.4) is 0 Å². The molecule has 1 aliphatic carbocycles. The van der Waals surface area contributed by atoms with Gasteiger partial charge in [-0.2, -0.15) is 0 Å². The molecule has 0 N–H and O–H groups in total. The van der Waals surface area contributed by atoms with Crippen LogP contribution < -0.4 is 0 Å². The van der Waals surface area contributed by atoms with Gasteiger partial charge in [-0.15, -0.1) is 0 Å². The minimum atomic E-state index is 0.0892. The van der Waals surface area contributed by atoms with Crippen molar-refractivity contribution in [2.45, 2.75) is 46.1 Å². The number of carbonyl (C=O) groups excluding carboxylic acids is 1. The summed E-state index contributed by atoms with van der Waals surface area (Å²) >= 11 is 0. The van der Waals surface area contributed by atoms with Gasteiger partial charge in [0.25, 0.3) is 0 Å². The van der Waals surface area contributed by atoms with Gasteiger partial charge in [0, 0.05) is 25.0 Å². The van der Waals surface area contributed by atoms with Crippen molar-refractivity contribution >= 4 is 5.78 Å². The molecule has 3 atom stereocenters. The molecule has 0 amide bonds. The van der Waals surface area contributed by atoms with Crippen LogP contribution in [0.2, 0.25) is 0 Å². The molecule has 0 spiro atoms. The number of carbonyl (C=O) groups is 1. The van der Waals surface area contributed by atoms with Crippen LogP contribution in [0.1, 0.15) is 50.4 Å². The Morgan fingerprint density at radius 3 is 2.80 bits per heavy atom. The number of rotatable bonds is 5. The molecule has 3 heteroatoms. The van der Waals surface area contributed by atoms with E-state index in [1.54, 1.807) is 0 Å². The van der Waals surface area contributed by atoms with Crippen molar-refractivity contribution in [2.75, 3.05) is 6.61 Å². The minimum absolute atomic E-state index is 0.0892. The summed E-state index contributed by atoms with van der Waals surface area (Å²) < 4.78 is 7.89. The third kappa shape index (κ3) is 3.72. The van der Waals surface area contributed by atoms with E-state index in [4.69, 9.17) is 4.74 Å². The number of aromatic nitrogens is 1. The van der Waals surface area contributed by atoms with E-state index in [2.05, 4.69) is 20.8 Å². The average Bonchev–Trinajstić information content (AvgIpc) is 2.82. The Morgan fingerprint density at radius 1 is 1.45 bits per heavy atom. The summed E-state index contributed by atoms with van der Waals surface area (Å²) in [6.07, 6.45) is 7.59. The van der Waals surface area contributed by atoms with Crippen LogP contribution in [-0.2, 0) is 11.8 Å². The third-order valence-electron chi connectivity index (χ3n) is 4.54. The van der Waals surface area contributed by atoms with E-state index in [1.165, 1.54) is 12.8 Å². The summed E-state index contributed by atoms with van der Waals surface area (Å²) in [5.41, 5.74) is 0.748. The highest BCUT2D eigenvalue weighted by Crippen LogP contribution is 2.35. The topological polar surface area (TPSA) is 31.2 Å². The lowest BCUT2D eigenvalue weighted by Crippen LogP contribution is -2.35. The molecule has 1 aromatic heterocycles. The lowest BCUT2D eigenvalue weighted by atomic mass is 9.75. The summed E-state index contributed by atoms with van der Waals surface area (Å²) in [7, 11) is 1.93. The molecule has 2 rings (SSSR count). The van der Waals surface area contributed by atoms with Crippen LogP contribution in [0.15, 0.2) is 18.5 Å². The molecular formula is C17H27NO2. The van der Waals surface area contributed by atoms with Crippen LogP contribution in [0.4, 0.5) is 0 Å². The van der Waals surface area contributed by atoms with Crippen molar-refractivity contribution in [1.82, 2.24) is 4.57 Å². The molecule has 0 bridgehead atoms. The molecule has 3 nitrogen and oxygen atoms in total. The predicted octanol–water partition coefficient (Wildman–Crippen LogP) is 3.69. The molecule has 1 aromatic rings. The van der Waals surface area contributed by atoms with Crippen LogP contribution >= 0.6 is 0 Å². The molecule has 0 radical (unpaired) electrons. The highest BCUT2D eigenvalue weighted by molar-refractivity contribution is 5.96. The minimum Gasteiger partial charge on any atom is -0.370 e. The second-order valence-electron chi connectivity index (χ2n) is 6.66. The van der Waals surface area contributed by atoms with E-state index >= 15 is 0 Å². The van der Waals surface area contributed by atoms with Crippen LogP contribution in [-0.4, -0.2) is 23.1 Å². The first kappa shape index (κ1) is 15.3. The van der Waals surface area contributed by atoms with Crippen molar-refractivity contribution in [3.8, 4) is 0 Å². The first-order chi connectivity index (χ1) is 9.47. The zero-order valence-electron chi connectivity index (χ0n) is 13.1. The Bertz CT molecular complexity index is 450. The van der Waals surface area contributed by atoms with Crippen LogP contribution in [0.25, 0.3) is 0 Å². The maximum absolute atomic E-state index is 12.1. The second-order valence-corrected chi connectivity index (χ2v) is 6.66. The van der Waals surface area contributed by atoms with Gasteiger partial charge in [-0.1, -0.05) is 27.2 Å². The number of ether oxygens (including phenoxy) is 1. The van der Waals surface area contributed by atoms with E-state index in [0.29, 0.717) is 17.8 Å². The van der Waals surface area contributed by atoms with E-state index < -0.39 is 0 Å². The molecule has 1 aliphatic rings. The standard InChI is InChI=1S/C17H27NO2/c1-12(2)15-6-5-13(3)9-17(15)20-11-16(19)14-7-8-18(4)10-14/h7-8,10,12-13,15,17H,5-6,9,11H2,1-4H3. The Labute approximate surface area is 122 Å². The van der Waals surface area contributed by atoms with Gasteiger partial charge >= 0.3 is 0 Å². The number of hydrogen-bond acceptors (Lipinski definition) is 2. The number of Topliss-reactive ketones (excluding diaryl/α,β-unsaturated/α-hetero) is 1. The average molecular weight is 277 g/mol. The van der Waals surface area contributed by atoms with Gasteiger partial charge in [0.05, 0.1) is 6.10 Å². The highest BCUT2D eigenvalue weighted by Gasteiger charge is 2.31. The molecule has 0 aliphatic heterocycles. The zero-order chi connectivity index (χ0) is 14.7. The zero-order valence-corrected chi connectivity index (χ0v) is 13.1. The van der Waals surface area contributed by atoms with Gasteiger partial charge < -0.3 is 9.30 Å². The summed E-state index contributed by atoms with van der Waals surface area (Å²) in [6, 6.07) is 1.86. The van der Waals surface area contributed by atoms with Gasteiger partial charge in [-0.3, -0.25) is 4.79 Å². The highest BCUT2D eigenvalue weighted by atomic mass is 16.5. The fraction of sp³-hybridized carbons (Fsp3) is 0.706. The summed E-state index contributed by atoms with van der Waals surface area (Å²) in [6.45, 7) is 7.02. The lowest BCUT2D eigenvalue weighted by molar-refractivity contribution is -0.0309. The monoisotopic (exact) mass is 277 g/mol. The fourth-order valence-corrected chi connectivity index (χ4v) is 3.24. The molecule has 1 saturated carbocycles. The van der Waals surface area contributed by atoms with Gasteiger partial charge in [-0.05, 0) is 36.7 Å². The van der Waals surface area contributed by atoms with Crippen molar-refractivity contribution in [3.05, 3.63) is 24.0 Å². The van der Waals surface area contributed by atoms with Crippen molar-refractivity contribution in [2.24, 2.45) is 24.8 Å². The van der Waals surface area contributed by atoms with Gasteiger partial charge in [0.15, 0.2) is 5.78 Å². The second kappa shape index (κ2) is 6.57. The predicted molar refractivity (Wildman–Crippen MR) is 80.8 cm³/mol. The molecule has 1 heterocycles. The van der Waals surface area contributed by atoms with Crippen molar-refractivity contribution in [1.29, 1.82) is 0 Å². The van der Waals surface area contributed by atoms with E-state index in [-0.39, 0.29) is 18.5 Å². The first-order valence-electron chi connectivity index (χ1n) is 7.74. The maximum Gasteiger partial charge on any atom is 0.189 e. The molecule has 0 aromatic carbocycles. The Kier molecular flexibility index (Phi) is 5.03. The van der Waals surface area contributed by atoms with E-state index in [0.717, 1.165) is 12.0 Å². The maximum atomic E-state index is 12.1. The largest absolute Gasteiger partial charge is 0.370 e. The normalized spacial score (nSPS) is 26.9. The smallest absolute Gasteiger partial charge is 0.189 e. The van der Waals surface area contributed by atoms with E-state index in [9.17, 15) is 4.79 Å². The molecule has 0 saturated heterocycles. The van der Waals surface area contributed by atoms with Crippen LogP contribution in [0.5, 0.6) is 0 Å². The molecule has 3 unspecified atom stereocenters. The van der Waals surface area contributed by atoms with Crippen molar-refractivity contribution in [3.63, 3.8) is 0 Å². The molecular weight excluding hydrogens is 250 g/mol. The number of aryl methyl sites for hydroxylation is 1. The number of hydrogen-bond donors (Lipinski definition) is 0. The lowest BCUT2D eigenvalue weighted by Gasteiger charge is -2.37. The Balaban J connectivity index is 1.92. The summed E-state index contributed by atoms with van der Waals surface area (Å²) in [4.78, 5) is 12.1. The quantitative estimate of drug-likeness (QED) is 0.769. The fourth-order valence-electron chi connectivity index (χ4n) is 3.24. The Hall–Kier alpha value is -1.09.